The van der Waals surface area contributed by atoms with E-state index in [1.807, 2.05) is 20.9 Å². The Morgan fingerprint density at radius 1 is 1.40 bits per heavy atom. The molecule has 4 heteroatoms. The molecule has 0 radical (unpaired) electrons. The molecule has 20 heavy (non-hydrogen) atoms. The third kappa shape index (κ3) is 5.13. The van der Waals surface area contributed by atoms with Gasteiger partial charge in [-0.05, 0) is 38.6 Å². The predicted octanol–water partition coefficient (Wildman–Crippen LogP) is 2.55. The number of nitriles is 1. The molecule has 1 aliphatic rings. The standard InChI is InChI=1S/C16H29N3O/c1-13(2)16(3,12-17)18-15(20)11-19(4)10-14-8-6-5-7-9-14/h13-14H,5-11H2,1-4H3,(H,18,20). The Kier molecular flexibility index (Phi) is 6.48. The highest BCUT2D eigenvalue weighted by Crippen LogP contribution is 2.24. The fourth-order valence-corrected chi connectivity index (χ4v) is 2.75. The molecule has 1 atom stereocenters. The number of carbonyl (C=O) groups is 1. The summed E-state index contributed by atoms with van der Waals surface area (Å²) in [6.07, 6.45) is 6.58. The number of hydrogen-bond acceptors (Lipinski definition) is 3. The van der Waals surface area contributed by atoms with Gasteiger partial charge in [0.2, 0.25) is 5.91 Å². The van der Waals surface area contributed by atoms with Crippen LogP contribution in [0.3, 0.4) is 0 Å². The lowest BCUT2D eigenvalue weighted by atomic mass is 9.89. The topological polar surface area (TPSA) is 56.1 Å². The Labute approximate surface area is 123 Å². The third-order valence-corrected chi connectivity index (χ3v) is 4.49. The van der Waals surface area contributed by atoms with Crippen LogP contribution in [0.15, 0.2) is 0 Å². The Morgan fingerprint density at radius 2 is 2.00 bits per heavy atom. The van der Waals surface area contributed by atoms with E-state index in [1.165, 1.54) is 32.1 Å². The monoisotopic (exact) mass is 279 g/mol. The number of carbonyl (C=O) groups excluding carboxylic acids is 1. The predicted molar refractivity (Wildman–Crippen MR) is 81.1 cm³/mol. The molecule has 0 saturated heterocycles. The molecular formula is C16H29N3O. The van der Waals surface area contributed by atoms with Crippen LogP contribution in [-0.2, 0) is 4.79 Å². The van der Waals surface area contributed by atoms with E-state index in [-0.39, 0.29) is 11.8 Å². The number of likely N-dealkylation sites (N-methyl/N-ethyl adjacent to an activating group) is 1. The third-order valence-electron chi connectivity index (χ3n) is 4.49. The summed E-state index contributed by atoms with van der Waals surface area (Å²) >= 11 is 0. The summed E-state index contributed by atoms with van der Waals surface area (Å²) < 4.78 is 0. The first-order valence-corrected chi connectivity index (χ1v) is 7.78. The van der Waals surface area contributed by atoms with E-state index >= 15 is 0 Å². The molecule has 0 bridgehead atoms. The van der Waals surface area contributed by atoms with Crippen molar-refractivity contribution in [3.63, 3.8) is 0 Å². The van der Waals surface area contributed by atoms with Gasteiger partial charge >= 0.3 is 0 Å². The van der Waals surface area contributed by atoms with Crippen molar-refractivity contribution in [2.45, 2.75) is 58.4 Å². The summed E-state index contributed by atoms with van der Waals surface area (Å²) in [6.45, 7) is 7.06. The summed E-state index contributed by atoms with van der Waals surface area (Å²) in [7, 11) is 1.99. The Bertz CT molecular complexity index is 355. The summed E-state index contributed by atoms with van der Waals surface area (Å²) in [5.41, 5.74) is -0.775. The second-order valence-electron chi connectivity index (χ2n) is 6.72. The van der Waals surface area contributed by atoms with Gasteiger partial charge < -0.3 is 5.32 Å². The van der Waals surface area contributed by atoms with Gasteiger partial charge in [-0.25, -0.2) is 0 Å². The van der Waals surface area contributed by atoms with Crippen LogP contribution in [0, 0.1) is 23.2 Å². The van der Waals surface area contributed by atoms with Crippen LogP contribution in [0.1, 0.15) is 52.9 Å². The van der Waals surface area contributed by atoms with E-state index in [1.54, 1.807) is 6.92 Å². The molecule has 0 aromatic carbocycles. The van der Waals surface area contributed by atoms with Crippen molar-refractivity contribution in [1.82, 2.24) is 10.2 Å². The van der Waals surface area contributed by atoms with Crippen molar-refractivity contribution in [1.29, 1.82) is 5.26 Å². The zero-order valence-electron chi connectivity index (χ0n) is 13.4. The number of amides is 1. The van der Waals surface area contributed by atoms with Gasteiger partial charge in [-0.3, -0.25) is 9.69 Å². The van der Waals surface area contributed by atoms with Crippen molar-refractivity contribution < 1.29 is 4.79 Å². The average molecular weight is 279 g/mol. The summed E-state index contributed by atoms with van der Waals surface area (Å²) in [5.74, 6) is 0.773. The lowest BCUT2D eigenvalue weighted by Gasteiger charge is -2.30. The average Bonchev–Trinajstić information content (AvgIpc) is 2.39. The minimum Gasteiger partial charge on any atom is -0.337 e. The van der Waals surface area contributed by atoms with Crippen LogP contribution in [0.2, 0.25) is 0 Å². The van der Waals surface area contributed by atoms with Gasteiger partial charge in [-0.1, -0.05) is 33.1 Å². The normalized spacial score (nSPS) is 19.6. The fraction of sp³-hybridized carbons (Fsp3) is 0.875. The number of nitrogens with zero attached hydrogens (tertiary/aromatic N) is 2. The lowest BCUT2D eigenvalue weighted by molar-refractivity contribution is -0.123. The molecule has 1 N–H and O–H groups in total. The molecule has 1 rings (SSSR count). The van der Waals surface area contributed by atoms with Crippen molar-refractivity contribution in [3.8, 4) is 6.07 Å². The molecule has 1 unspecified atom stereocenters. The van der Waals surface area contributed by atoms with Crippen LogP contribution in [0.4, 0.5) is 0 Å². The van der Waals surface area contributed by atoms with Crippen LogP contribution in [0.25, 0.3) is 0 Å². The maximum absolute atomic E-state index is 12.1. The number of rotatable bonds is 6. The molecule has 1 saturated carbocycles. The molecule has 0 aromatic rings. The molecule has 0 heterocycles. The van der Waals surface area contributed by atoms with E-state index in [4.69, 9.17) is 0 Å². The second kappa shape index (κ2) is 7.64. The maximum atomic E-state index is 12.1. The highest BCUT2D eigenvalue weighted by Gasteiger charge is 2.30. The zero-order valence-corrected chi connectivity index (χ0v) is 13.4. The summed E-state index contributed by atoms with van der Waals surface area (Å²) in [6, 6.07) is 2.21. The Hall–Kier alpha value is -1.08. The summed E-state index contributed by atoms with van der Waals surface area (Å²) in [5, 5.41) is 12.1. The van der Waals surface area contributed by atoms with Gasteiger partial charge in [0.15, 0.2) is 0 Å². The molecule has 0 aromatic heterocycles. The largest absolute Gasteiger partial charge is 0.337 e. The minimum absolute atomic E-state index is 0.0546. The first-order chi connectivity index (χ1) is 9.37. The Morgan fingerprint density at radius 3 is 2.50 bits per heavy atom. The fourth-order valence-electron chi connectivity index (χ4n) is 2.75. The molecule has 1 aliphatic carbocycles. The van der Waals surface area contributed by atoms with Crippen LogP contribution in [0.5, 0.6) is 0 Å². The van der Waals surface area contributed by atoms with Crippen molar-refractivity contribution in [2.24, 2.45) is 11.8 Å². The smallest absolute Gasteiger partial charge is 0.235 e. The van der Waals surface area contributed by atoms with Gasteiger partial charge in [0.1, 0.15) is 5.54 Å². The van der Waals surface area contributed by atoms with Crippen LogP contribution in [-0.4, -0.2) is 36.5 Å². The lowest BCUT2D eigenvalue weighted by Crippen LogP contribution is -2.51. The van der Waals surface area contributed by atoms with Crippen LogP contribution >= 0.6 is 0 Å². The molecule has 1 amide bonds. The quantitative estimate of drug-likeness (QED) is 0.813. The molecular weight excluding hydrogens is 250 g/mol. The van der Waals surface area contributed by atoms with Crippen molar-refractivity contribution in [2.75, 3.05) is 20.1 Å². The zero-order chi connectivity index (χ0) is 15.2. The first-order valence-electron chi connectivity index (χ1n) is 7.78. The van der Waals surface area contributed by atoms with Gasteiger partial charge in [0.05, 0.1) is 12.6 Å². The molecule has 0 aliphatic heterocycles. The molecule has 0 spiro atoms. The maximum Gasteiger partial charge on any atom is 0.235 e. The van der Waals surface area contributed by atoms with E-state index in [9.17, 15) is 10.1 Å². The molecule has 114 valence electrons. The van der Waals surface area contributed by atoms with Crippen molar-refractivity contribution in [3.05, 3.63) is 0 Å². The summed E-state index contributed by atoms with van der Waals surface area (Å²) in [4.78, 5) is 14.2. The Balaban J connectivity index is 2.39. The number of hydrogen-bond donors (Lipinski definition) is 1. The van der Waals surface area contributed by atoms with Crippen LogP contribution < -0.4 is 5.32 Å². The van der Waals surface area contributed by atoms with E-state index in [0.29, 0.717) is 6.54 Å². The van der Waals surface area contributed by atoms with Gasteiger partial charge in [0.25, 0.3) is 0 Å². The molecule has 4 nitrogen and oxygen atoms in total. The van der Waals surface area contributed by atoms with Gasteiger partial charge in [0, 0.05) is 6.54 Å². The van der Waals surface area contributed by atoms with E-state index in [0.717, 1.165) is 12.5 Å². The van der Waals surface area contributed by atoms with Gasteiger partial charge in [-0.15, -0.1) is 0 Å². The second-order valence-corrected chi connectivity index (χ2v) is 6.72. The van der Waals surface area contributed by atoms with Gasteiger partial charge in [-0.2, -0.15) is 5.26 Å². The SMILES string of the molecule is CC(C)C(C)(C#N)NC(=O)CN(C)CC1CCCCC1. The number of nitrogens with one attached hydrogen (secondary N) is 1. The first kappa shape index (κ1) is 17.0. The minimum atomic E-state index is -0.775. The van der Waals surface area contributed by atoms with Crippen molar-refractivity contribution >= 4 is 5.91 Å². The highest BCUT2D eigenvalue weighted by molar-refractivity contribution is 5.79. The van der Waals surface area contributed by atoms with E-state index in [2.05, 4.69) is 16.3 Å². The highest BCUT2D eigenvalue weighted by atomic mass is 16.2. The van der Waals surface area contributed by atoms with E-state index < -0.39 is 5.54 Å². The molecule has 1 fully saturated rings.